The number of fused-ring (bicyclic) bond motifs is 2. The zero-order valence-corrected chi connectivity index (χ0v) is 14.0. The summed E-state index contributed by atoms with van der Waals surface area (Å²) in [5, 5.41) is 1.12. The molecule has 0 fully saturated rings. The second-order valence-corrected chi connectivity index (χ2v) is 6.16. The number of alkyl halides is 3. The van der Waals surface area contributed by atoms with Crippen LogP contribution in [0.15, 0.2) is 58.4 Å². The van der Waals surface area contributed by atoms with Crippen molar-refractivity contribution < 1.29 is 13.2 Å². The van der Waals surface area contributed by atoms with Crippen LogP contribution in [-0.4, -0.2) is 14.5 Å². The van der Waals surface area contributed by atoms with Gasteiger partial charge in [-0.2, -0.15) is 13.2 Å². The minimum absolute atomic E-state index is 0.0409. The fourth-order valence-corrected chi connectivity index (χ4v) is 3.18. The number of rotatable bonds is 1. The number of aromatic nitrogens is 3. The van der Waals surface area contributed by atoms with Crippen molar-refractivity contribution in [1.82, 2.24) is 14.5 Å². The predicted molar refractivity (Wildman–Crippen MR) is 95.2 cm³/mol. The van der Waals surface area contributed by atoms with Gasteiger partial charge in [0, 0.05) is 17.0 Å². The Balaban J connectivity index is 2.12. The molecule has 2 aromatic carbocycles. The van der Waals surface area contributed by atoms with Gasteiger partial charge in [0.1, 0.15) is 0 Å². The van der Waals surface area contributed by atoms with Gasteiger partial charge in [0.05, 0.1) is 28.4 Å². The molecule has 0 spiro atoms. The van der Waals surface area contributed by atoms with Gasteiger partial charge in [-0.25, -0.2) is 9.36 Å². The molecule has 0 aliphatic carbocycles. The van der Waals surface area contributed by atoms with Gasteiger partial charge in [-0.15, -0.1) is 0 Å². The van der Waals surface area contributed by atoms with Crippen molar-refractivity contribution in [2.75, 3.05) is 0 Å². The van der Waals surface area contributed by atoms with E-state index in [9.17, 15) is 22.8 Å². The predicted octanol–water partition coefficient (Wildman–Crippen LogP) is 3.55. The lowest BCUT2D eigenvalue weighted by Gasteiger charge is -2.12. The minimum Gasteiger partial charge on any atom is -0.306 e. The highest BCUT2D eigenvalue weighted by Gasteiger charge is 2.31. The van der Waals surface area contributed by atoms with E-state index in [1.807, 2.05) is 19.1 Å². The normalized spacial score (nSPS) is 12.0. The number of aryl methyl sites for hydroxylation is 1. The van der Waals surface area contributed by atoms with Crippen LogP contribution in [0.3, 0.4) is 0 Å². The van der Waals surface area contributed by atoms with Crippen molar-refractivity contribution in [3.8, 4) is 5.69 Å². The highest BCUT2D eigenvalue weighted by molar-refractivity contribution is 5.92. The average molecular weight is 371 g/mol. The quantitative estimate of drug-likeness (QED) is 0.556. The third-order valence-electron chi connectivity index (χ3n) is 4.44. The number of hydrogen-bond donors (Lipinski definition) is 1. The van der Waals surface area contributed by atoms with E-state index in [2.05, 4.69) is 9.97 Å². The Morgan fingerprint density at radius 1 is 1.07 bits per heavy atom. The van der Waals surface area contributed by atoms with Crippen LogP contribution in [0.1, 0.15) is 11.1 Å². The van der Waals surface area contributed by atoms with Crippen LogP contribution < -0.4 is 11.2 Å². The molecular weight excluding hydrogens is 359 g/mol. The summed E-state index contributed by atoms with van der Waals surface area (Å²) < 4.78 is 39.9. The summed E-state index contributed by atoms with van der Waals surface area (Å²) in [7, 11) is 0. The van der Waals surface area contributed by atoms with Gasteiger partial charge >= 0.3 is 11.9 Å². The molecule has 8 heteroatoms. The van der Waals surface area contributed by atoms with E-state index in [0.717, 1.165) is 28.3 Å². The monoisotopic (exact) mass is 371 g/mol. The Morgan fingerprint density at radius 2 is 1.85 bits per heavy atom. The largest absolute Gasteiger partial charge is 0.416 e. The van der Waals surface area contributed by atoms with Gasteiger partial charge in [-0.1, -0.05) is 18.2 Å². The summed E-state index contributed by atoms with van der Waals surface area (Å²) in [6.45, 7) is 1.81. The van der Waals surface area contributed by atoms with Crippen molar-refractivity contribution in [2.45, 2.75) is 13.1 Å². The van der Waals surface area contributed by atoms with Gasteiger partial charge < -0.3 is 4.98 Å². The van der Waals surface area contributed by atoms with Crippen LogP contribution in [0.2, 0.25) is 0 Å². The summed E-state index contributed by atoms with van der Waals surface area (Å²) in [6.07, 6.45) is -1.65. The van der Waals surface area contributed by atoms with E-state index in [1.165, 1.54) is 6.20 Å². The summed E-state index contributed by atoms with van der Waals surface area (Å²) in [5.41, 5.74) is -1.48. The molecule has 2 heterocycles. The van der Waals surface area contributed by atoms with Crippen LogP contribution >= 0.6 is 0 Å². The van der Waals surface area contributed by atoms with Gasteiger partial charge in [-0.3, -0.25) is 9.78 Å². The molecule has 4 rings (SSSR count). The van der Waals surface area contributed by atoms with Crippen LogP contribution in [0, 0.1) is 6.92 Å². The maximum atomic E-state index is 13.0. The minimum atomic E-state index is -4.60. The van der Waals surface area contributed by atoms with Gasteiger partial charge in [-0.05, 0) is 30.7 Å². The van der Waals surface area contributed by atoms with Gasteiger partial charge in [0.2, 0.25) is 0 Å². The number of benzene rings is 2. The average Bonchev–Trinajstić information content (AvgIpc) is 2.61. The number of nitrogens with one attached hydrogen (secondary N) is 1. The zero-order chi connectivity index (χ0) is 19.3. The lowest BCUT2D eigenvalue weighted by atomic mass is 10.1. The van der Waals surface area contributed by atoms with Crippen molar-refractivity contribution in [3.05, 3.63) is 80.8 Å². The molecule has 2 aromatic heterocycles. The SMILES string of the molecule is Cc1cccc2cncc(-n3c(=O)[nH]c4ccc(C(F)(F)F)cc4c3=O)c12. The number of halogens is 3. The third-order valence-corrected chi connectivity index (χ3v) is 4.44. The molecule has 0 saturated heterocycles. The molecule has 4 aromatic rings. The van der Waals surface area contributed by atoms with Gasteiger partial charge in [0.25, 0.3) is 5.56 Å². The van der Waals surface area contributed by atoms with E-state index in [1.54, 1.807) is 12.3 Å². The Bertz CT molecular complexity index is 1310. The third kappa shape index (κ3) is 2.69. The summed E-state index contributed by atoms with van der Waals surface area (Å²) in [4.78, 5) is 32.0. The Kier molecular flexibility index (Phi) is 3.66. The van der Waals surface area contributed by atoms with Crippen LogP contribution in [0.25, 0.3) is 27.4 Å². The van der Waals surface area contributed by atoms with Crippen molar-refractivity contribution >= 4 is 21.7 Å². The Morgan fingerprint density at radius 3 is 2.59 bits per heavy atom. The summed E-state index contributed by atoms with van der Waals surface area (Å²) in [6, 6.07) is 8.06. The van der Waals surface area contributed by atoms with Crippen molar-refractivity contribution in [1.29, 1.82) is 0 Å². The van der Waals surface area contributed by atoms with E-state index >= 15 is 0 Å². The number of pyridine rings is 1. The van der Waals surface area contributed by atoms with Crippen LogP contribution in [-0.2, 0) is 6.18 Å². The second kappa shape index (κ2) is 5.80. The first-order valence-electron chi connectivity index (χ1n) is 7.97. The number of aromatic amines is 1. The molecule has 0 atom stereocenters. The first kappa shape index (κ1) is 17.0. The maximum Gasteiger partial charge on any atom is 0.416 e. The fraction of sp³-hybridized carbons (Fsp3) is 0.105. The number of nitrogens with zero attached hydrogens (tertiary/aromatic N) is 2. The molecule has 0 aliphatic rings. The second-order valence-electron chi connectivity index (χ2n) is 6.16. The van der Waals surface area contributed by atoms with E-state index in [-0.39, 0.29) is 16.6 Å². The molecule has 136 valence electrons. The van der Waals surface area contributed by atoms with E-state index in [0.29, 0.717) is 10.8 Å². The van der Waals surface area contributed by atoms with Crippen molar-refractivity contribution in [3.63, 3.8) is 0 Å². The highest BCUT2D eigenvalue weighted by Crippen LogP contribution is 2.30. The molecular formula is C19H12F3N3O2. The van der Waals surface area contributed by atoms with Gasteiger partial charge in [0.15, 0.2) is 0 Å². The number of hydrogen-bond acceptors (Lipinski definition) is 3. The fourth-order valence-electron chi connectivity index (χ4n) is 3.18. The molecule has 1 N–H and O–H groups in total. The molecule has 0 saturated carbocycles. The van der Waals surface area contributed by atoms with Crippen LogP contribution in [0.4, 0.5) is 13.2 Å². The van der Waals surface area contributed by atoms with E-state index < -0.39 is 23.0 Å². The molecule has 27 heavy (non-hydrogen) atoms. The first-order chi connectivity index (χ1) is 12.8. The Hall–Kier alpha value is -3.42. The molecule has 0 bridgehead atoms. The first-order valence-corrected chi connectivity index (χ1v) is 7.97. The van der Waals surface area contributed by atoms with E-state index in [4.69, 9.17) is 0 Å². The standard InChI is InChI=1S/C19H12F3N3O2/c1-10-3-2-4-11-8-23-9-15(16(10)11)25-17(26)13-7-12(19(20,21)22)5-6-14(13)24-18(25)27/h2-9H,1H3,(H,24,27). The molecule has 0 radical (unpaired) electrons. The molecule has 0 unspecified atom stereocenters. The molecule has 0 amide bonds. The zero-order valence-electron chi connectivity index (χ0n) is 14.0. The summed E-state index contributed by atoms with van der Waals surface area (Å²) in [5.74, 6) is 0. The van der Waals surface area contributed by atoms with Crippen LogP contribution in [0.5, 0.6) is 0 Å². The molecule has 5 nitrogen and oxygen atoms in total. The Labute approximate surface area is 149 Å². The molecule has 0 aliphatic heterocycles. The summed E-state index contributed by atoms with van der Waals surface area (Å²) >= 11 is 0. The lowest BCUT2D eigenvalue weighted by molar-refractivity contribution is -0.137. The lowest BCUT2D eigenvalue weighted by Crippen LogP contribution is -2.34. The maximum absolute atomic E-state index is 13.0. The topological polar surface area (TPSA) is 67.8 Å². The highest BCUT2D eigenvalue weighted by atomic mass is 19.4. The smallest absolute Gasteiger partial charge is 0.306 e. The van der Waals surface area contributed by atoms with Crippen molar-refractivity contribution in [2.24, 2.45) is 0 Å². The number of H-pyrrole nitrogens is 1.